The first-order chi connectivity index (χ1) is 9.77. The summed E-state index contributed by atoms with van der Waals surface area (Å²) in [6.07, 6.45) is 0. The van der Waals surface area contributed by atoms with Crippen LogP contribution in [0.5, 0.6) is 0 Å². The van der Waals surface area contributed by atoms with E-state index in [0.717, 1.165) is 33.0 Å². The lowest BCUT2D eigenvalue weighted by atomic mass is 10.0. The van der Waals surface area contributed by atoms with Crippen LogP contribution in [0.1, 0.15) is 10.4 Å². The second-order valence-electron chi connectivity index (χ2n) is 4.60. The third-order valence-corrected chi connectivity index (χ3v) is 4.45. The number of carbonyl (C=O) groups excluding carboxylic acids is 1. The van der Waals surface area contributed by atoms with Gasteiger partial charge in [-0.1, -0.05) is 59.9 Å². The zero-order chi connectivity index (χ0) is 13.7. The molecule has 1 aromatic heterocycles. The fourth-order valence-electron chi connectivity index (χ4n) is 2.58. The van der Waals surface area contributed by atoms with Gasteiger partial charge in [0.05, 0.1) is 10.6 Å². The van der Waals surface area contributed by atoms with Gasteiger partial charge in [-0.3, -0.25) is 9.59 Å². The minimum Gasteiger partial charge on any atom is -0.268 e. The Morgan fingerprint density at radius 1 is 0.800 bits per heavy atom. The first kappa shape index (κ1) is 11.4. The van der Waals surface area contributed by atoms with Gasteiger partial charge in [0.25, 0.3) is 5.91 Å². The Kier molecular flexibility index (Phi) is 2.28. The second-order valence-corrected chi connectivity index (χ2v) is 5.56. The van der Waals surface area contributed by atoms with Crippen LogP contribution in [0.25, 0.3) is 21.7 Å². The van der Waals surface area contributed by atoms with Gasteiger partial charge in [0.2, 0.25) is 0 Å². The van der Waals surface area contributed by atoms with E-state index in [1.54, 1.807) is 6.07 Å². The van der Waals surface area contributed by atoms with Gasteiger partial charge < -0.3 is 0 Å². The molecule has 3 nitrogen and oxygen atoms in total. The molecular formula is C16H9NO2S. The van der Waals surface area contributed by atoms with Crippen molar-refractivity contribution in [3.05, 3.63) is 69.8 Å². The topological polar surface area (TPSA) is 39.1 Å². The van der Waals surface area contributed by atoms with E-state index in [1.807, 2.05) is 48.5 Å². The summed E-state index contributed by atoms with van der Waals surface area (Å²) in [5.41, 5.74) is 3.14. The smallest absolute Gasteiger partial charge is 0.268 e. The highest BCUT2D eigenvalue weighted by Gasteiger charge is 2.32. The number of hydrogen-bond acceptors (Lipinski definition) is 3. The summed E-state index contributed by atoms with van der Waals surface area (Å²) in [6, 6.07) is 17.1. The van der Waals surface area contributed by atoms with Crippen molar-refractivity contribution in [2.24, 2.45) is 0 Å². The zero-order valence-electron chi connectivity index (χ0n) is 10.4. The number of carbonyl (C=O) groups is 1. The standard InChI is InChI=1S/C16H9NO2S/c18-15-12-9-5-4-8-11(12)13-14(20-16(19)17(13)15)10-6-2-1-3-7-10/h1-9H. The van der Waals surface area contributed by atoms with Gasteiger partial charge >= 0.3 is 4.87 Å². The van der Waals surface area contributed by atoms with E-state index in [2.05, 4.69) is 0 Å². The quantitative estimate of drug-likeness (QED) is 0.536. The average Bonchev–Trinajstić information content (AvgIpc) is 2.98. The number of aromatic nitrogens is 1. The van der Waals surface area contributed by atoms with E-state index in [1.165, 1.54) is 4.57 Å². The molecular weight excluding hydrogens is 270 g/mol. The molecule has 0 unspecified atom stereocenters. The Labute approximate surface area is 118 Å². The van der Waals surface area contributed by atoms with Gasteiger partial charge in [0.1, 0.15) is 0 Å². The van der Waals surface area contributed by atoms with Crippen molar-refractivity contribution >= 4 is 17.2 Å². The molecule has 0 aliphatic carbocycles. The van der Waals surface area contributed by atoms with Crippen LogP contribution in [-0.4, -0.2) is 10.5 Å². The molecule has 4 heteroatoms. The number of nitrogens with zero attached hydrogens (tertiary/aromatic N) is 1. The maximum Gasteiger partial charge on any atom is 0.315 e. The van der Waals surface area contributed by atoms with Gasteiger partial charge in [-0.15, -0.1) is 0 Å². The first-order valence-electron chi connectivity index (χ1n) is 6.23. The van der Waals surface area contributed by atoms with Crippen molar-refractivity contribution in [2.45, 2.75) is 0 Å². The van der Waals surface area contributed by atoms with Gasteiger partial charge in [-0.2, -0.15) is 0 Å². The Hall–Kier alpha value is -2.46. The maximum absolute atomic E-state index is 12.3. The van der Waals surface area contributed by atoms with Crippen LogP contribution in [0, 0.1) is 0 Å². The summed E-state index contributed by atoms with van der Waals surface area (Å²) < 4.78 is 1.29. The van der Waals surface area contributed by atoms with Crippen molar-refractivity contribution in [3.63, 3.8) is 0 Å². The van der Waals surface area contributed by atoms with Gasteiger partial charge in [-0.25, -0.2) is 4.57 Å². The largest absolute Gasteiger partial charge is 0.315 e. The monoisotopic (exact) mass is 279 g/mol. The normalized spacial score (nSPS) is 12.3. The van der Waals surface area contributed by atoms with Crippen LogP contribution >= 0.6 is 11.3 Å². The Bertz CT molecular complexity index is 890. The van der Waals surface area contributed by atoms with Crippen LogP contribution < -0.4 is 4.87 Å². The Balaban J connectivity index is 2.10. The number of benzene rings is 2. The molecule has 1 aliphatic rings. The van der Waals surface area contributed by atoms with Gasteiger partial charge in [0, 0.05) is 11.1 Å². The molecule has 0 bridgehead atoms. The lowest BCUT2D eigenvalue weighted by Crippen LogP contribution is -2.18. The SMILES string of the molecule is O=C1c2ccccc2-c2c(-c3ccccc3)sc(=O)n21. The fourth-order valence-corrected chi connectivity index (χ4v) is 3.58. The molecule has 0 radical (unpaired) electrons. The maximum atomic E-state index is 12.3. The van der Waals surface area contributed by atoms with Crippen LogP contribution in [0.2, 0.25) is 0 Å². The third kappa shape index (κ3) is 1.39. The van der Waals surface area contributed by atoms with Crippen LogP contribution in [-0.2, 0) is 0 Å². The summed E-state index contributed by atoms with van der Waals surface area (Å²) in [7, 11) is 0. The number of hydrogen-bond donors (Lipinski definition) is 0. The van der Waals surface area contributed by atoms with Crippen LogP contribution in [0.4, 0.5) is 0 Å². The fraction of sp³-hybridized carbons (Fsp3) is 0. The molecule has 2 aromatic carbocycles. The van der Waals surface area contributed by atoms with Crippen LogP contribution in [0.15, 0.2) is 59.4 Å². The first-order valence-corrected chi connectivity index (χ1v) is 7.04. The van der Waals surface area contributed by atoms with Gasteiger partial charge in [0.15, 0.2) is 0 Å². The average molecular weight is 279 g/mol. The molecule has 0 atom stereocenters. The van der Waals surface area contributed by atoms with E-state index in [-0.39, 0.29) is 10.8 Å². The molecule has 0 spiro atoms. The minimum absolute atomic E-state index is 0.222. The molecule has 0 amide bonds. The predicted octanol–water partition coefficient (Wildman–Crippen LogP) is 3.25. The Morgan fingerprint density at radius 2 is 1.45 bits per heavy atom. The van der Waals surface area contributed by atoms with E-state index >= 15 is 0 Å². The molecule has 4 rings (SSSR count). The molecule has 20 heavy (non-hydrogen) atoms. The minimum atomic E-state index is -0.223. The highest BCUT2D eigenvalue weighted by molar-refractivity contribution is 7.13. The van der Waals surface area contributed by atoms with E-state index in [0.29, 0.717) is 5.56 Å². The number of rotatable bonds is 1. The van der Waals surface area contributed by atoms with Crippen molar-refractivity contribution in [2.75, 3.05) is 0 Å². The predicted molar refractivity (Wildman–Crippen MR) is 79.2 cm³/mol. The number of thiazole rings is 1. The van der Waals surface area contributed by atoms with Crippen molar-refractivity contribution < 1.29 is 4.79 Å². The van der Waals surface area contributed by atoms with Crippen LogP contribution in [0.3, 0.4) is 0 Å². The molecule has 2 heterocycles. The van der Waals surface area contributed by atoms with Crippen molar-refractivity contribution in [1.29, 1.82) is 0 Å². The lowest BCUT2D eigenvalue weighted by Gasteiger charge is -2.01. The van der Waals surface area contributed by atoms with Crippen molar-refractivity contribution in [3.8, 4) is 21.7 Å². The highest BCUT2D eigenvalue weighted by atomic mass is 32.1. The summed E-state index contributed by atoms with van der Waals surface area (Å²) >= 11 is 1.12. The van der Waals surface area contributed by atoms with Crippen molar-refractivity contribution in [1.82, 2.24) is 4.57 Å². The third-order valence-electron chi connectivity index (χ3n) is 3.46. The molecule has 3 aromatic rings. The summed E-state index contributed by atoms with van der Waals surface area (Å²) in [5.74, 6) is -0.223. The molecule has 0 saturated heterocycles. The summed E-state index contributed by atoms with van der Waals surface area (Å²) in [5, 5.41) is 0. The molecule has 96 valence electrons. The Morgan fingerprint density at radius 3 is 2.20 bits per heavy atom. The lowest BCUT2D eigenvalue weighted by molar-refractivity contribution is 0.0967. The molecule has 0 fully saturated rings. The molecule has 0 N–H and O–H groups in total. The highest BCUT2D eigenvalue weighted by Crippen LogP contribution is 2.40. The zero-order valence-corrected chi connectivity index (χ0v) is 11.2. The van der Waals surface area contributed by atoms with Gasteiger partial charge in [-0.05, 0) is 11.6 Å². The number of fused-ring (bicyclic) bond motifs is 3. The molecule has 0 saturated carbocycles. The second kappa shape index (κ2) is 4.02. The van der Waals surface area contributed by atoms with E-state index in [4.69, 9.17) is 0 Å². The summed E-state index contributed by atoms with van der Waals surface area (Å²) in [6.45, 7) is 0. The summed E-state index contributed by atoms with van der Waals surface area (Å²) in [4.78, 5) is 25.1. The van der Waals surface area contributed by atoms with E-state index < -0.39 is 0 Å². The van der Waals surface area contributed by atoms with E-state index in [9.17, 15) is 9.59 Å². The molecule has 1 aliphatic heterocycles.